The SMILES string of the molecule is COCCN1CC[C@H]2C[C@@H](C(=O)N3CCCCO3)O[C@@H]2C1. The quantitative estimate of drug-likeness (QED) is 0.763. The van der Waals surface area contributed by atoms with Crippen LogP contribution >= 0.6 is 0 Å². The molecular weight excluding hydrogens is 272 g/mol. The summed E-state index contributed by atoms with van der Waals surface area (Å²) in [6.07, 6.45) is 3.90. The average Bonchev–Trinajstić information content (AvgIpc) is 2.96. The molecule has 0 aromatic rings. The number of carbonyl (C=O) groups is 1. The molecule has 0 aromatic carbocycles. The van der Waals surface area contributed by atoms with E-state index in [2.05, 4.69) is 4.90 Å². The Bertz CT molecular complexity index is 360. The lowest BCUT2D eigenvalue weighted by molar-refractivity contribution is -0.206. The van der Waals surface area contributed by atoms with Gasteiger partial charge in [-0.3, -0.25) is 14.5 Å². The Hall–Kier alpha value is -0.690. The van der Waals surface area contributed by atoms with Crippen molar-refractivity contribution in [2.45, 2.75) is 37.9 Å². The highest BCUT2D eigenvalue weighted by Crippen LogP contribution is 2.34. The second-order valence-corrected chi connectivity index (χ2v) is 6.22. The molecule has 0 N–H and O–H groups in total. The summed E-state index contributed by atoms with van der Waals surface area (Å²) in [5, 5.41) is 1.52. The Morgan fingerprint density at radius 1 is 1.33 bits per heavy atom. The van der Waals surface area contributed by atoms with Crippen molar-refractivity contribution in [3.63, 3.8) is 0 Å². The first kappa shape index (κ1) is 15.2. The van der Waals surface area contributed by atoms with Crippen LogP contribution in [0.3, 0.4) is 0 Å². The Kier molecular flexibility index (Phi) is 5.11. The molecule has 0 bridgehead atoms. The van der Waals surface area contributed by atoms with Gasteiger partial charge in [-0.15, -0.1) is 0 Å². The van der Waals surface area contributed by atoms with Crippen LogP contribution in [0.15, 0.2) is 0 Å². The molecule has 3 saturated heterocycles. The number of piperidine rings is 1. The molecule has 6 heteroatoms. The van der Waals surface area contributed by atoms with Crippen molar-refractivity contribution < 1.29 is 19.1 Å². The predicted molar refractivity (Wildman–Crippen MR) is 76.6 cm³/mol. The number of rotatable bonds is 4. The molecule has 3 rings (SSSR count). The minimum Gasteiger partial charge on any atom is -0.383 e. The van der Waals surface area contributed by atoms with Gasteiger partial charge in [0.2, 0.25) is 0 Å². The number of carbonyl (C=O) groups excluding carboxylic acids is 1. The smallest absolute Gasteiger partial charge is 0.275 e. The number of hydrogen-bond donors (Lipinski definition) is 0. The second kappa shape index (κ2) is 7.05. The maximum Gasteiger partial charge on any atom is 0.275 e. The van der Waals surface area contributed by atoms with E-state index in [1.54, 1.807) is 7.11 Å². The van der Waals surface area contributed by atoms with Gasteiger partial charge in [0.25, 0.3) is 5.91 Å². The molecule has 0 saturated carbocycles. The number of ether oxygens (including phenoxy) is 2. The summed E-state index contributed by atoms with van der Waals surface area (Å²) >= 11 is 0. The molecule has 0 radical (unpaired) electrons. The standard InChI is InChI=1S/C15H26N2O4/c1-19-9-7-16-6-4-12-10-13(21-14(12)11-16)15(18)17-5-2-3-8-20-17/h12-14H,2-11H2,1H3/t12-,13-,14+/m0/s1. The first-order valence-electron chi connectivity index (χ1n) is 8.09. The molecule has 0 aliphatic carbocycles. The summed E-state index contributed by atoms with van der Waals surface area (Å²) in [5.41, 5.74) is 0. The zero-order valence-corrected chi connectivity index (χ0v) is 12.8. The lowest BCUT2D eigenvalue weighted by Gasteiger charge is -2.33. The van der Waals surface area contributed by atoms with E-state index in [9.17, 15) is 4.79 Å². The van der Waals surface area contributed by atoms with Gasteiger partial charge in [0.15, 0.2) is 0 Å². The molecule has 3 aliphatic heterocycles. The molecule has 6 nitrogen and oxygen atoms in total. The summed E-state index contributed by atoms with van der Waals surface area (Å²) in [4.78, 5) is 20.3. The van der Waals surface area contributed by atoms with E-state index >= 15 is 0 Å². The van der Waals surface area contributed by atoms with Crippen LogP contribution < -0.4 is 0 Å². The zero-order valence-electron chi connectivity index (χ0n) is 12.8. The van der Waals surface area contributed by atoms with E-state index in [-0.39, 0.29) is 18.1 Å². The highest BCUT2D eigenvalue weighted by atomic mass is 16.7. The van der Waals surface area contributed by atoms with Gasteiger partial charge in [0, 0.05) is 26.7 Å². The first-order chi connectivity index (χ1) is 10.3. The van der Waals surface area contributed by atoms with Crippen molar-refractivity contribution >= 4 is 5.91 Å². The van der Waals surface area contributed by atoms with Crippen LogP contribution in [0.2, 0.25) is 0 Å². The van der Waals surface area contributed by atoms with Gasteiger partial charge in [-0.25, -0.2) is 5.06 Å². The first-order valence-corrected chi connectivity index (χ1v) is 8.09. The number of hydroxylamine groups is 2. The molecule has 3 atom stereocenters. The van der Waals surface area contributed by atoms with Crippen molar-refractivity contribution in [1.29, 1.82) is 0 Å². The van der Waals surface area contributed by atoms with Crippen LogP contribution in [-0.4, -0.2) is 74.6 Å². The minimum atomic E-state index is -0.305. The molecule has 3 fully saturated rings. The van der Waals surface area contributed by atoms with Gasteiger partial charge in [-0.1, -0.05) is 0 Å². The molecule has 0 aromatic heterocycles. The van der Waals surface area contributed by atoms with E-state index in [1.807, 2.05) is 0 Å². The van der Waals surface area contributed by atoms with E-state index in [0.29, 0.717) is 19.1 Å². The normalized spacial score (nSPS) is 34.0. The fourth-order valence-electron chi connectivity index (χ4n) is 3.51. The van der Waals surface area contributed by atoms with Gasteiger partial charge in [-0.05, 0) is 38.1 Å². The van der Waals surface area contributed by atoms with Crippen molar-refractivity contribution in [3.8, 4) is 0 Å². The minimum absolute atomic E-state index is 0.0209. The van der Waals surface area contributed by atoms with Crippen molar-refractivity contribution in [1.82, 2.24) is 9.96 Å². The number of methoxy groups -OCH3 is 1. The Balaban J connectivity index is 1.51. The maximum absolute atomic E-state index is 12.4. The van der Waals surface area contributed by atoms with Gasteiger partial charge in [0.05, 0.1) is 19.3 Å². The highest BCUT2D eigenvalue weighted by molar-refractivity contribution is 5.80. The summed E-state index contributed by atoms with van der Waals surface area (Å²) in [5.74, 6) is 0.537. The van der Waals surface area contributed by atoms with Crippen molar-refractivity contribution in [3.05, 3.63) is 0 Å². The van der Waals surface area contributed by atoms with Gasteiger partial charge in [0.1, 0.15) is 6.10 Å². The molecule has 1 amide bonds. The molecule has 21 heavy (non-hydrogen) atoms. The number of hydrogen-bond acceptors (Lipinski definition) is 5. The summed E-state index contributed by atoms with van der Waals surface area (Å²) < 4.78 is 11.2. The lowest BCUT2D eigenvalue weighted by atomic mass is 9.91. The van der Waals surface area contributed by atoms with E-state index in [0.717, 1.165) is 51.9 Å². The third-order valence-electron chi connectivity index (χ3n) is 4.77. The van der Waals surface area contributed by atoms with Crippen molar-refractivity contribution in [2.24, 2.45) is 5.92 Å². The Morgan fingerprint density at radius 3 is 3.00 bits per heavy atom. The Morgan fingerprint density at radius 2 is 2.24 bits per heavy atom. The molecule has 0 spiro atoms. The summed E-state index contributed by atoms with van der Waals surface area (Å²) in [7, 11) is 1.73. The summed E-state index contributed by atoms with van der Waals surface area (Å²) in [6.45, 7) is 5.04. The average molecular weight is 298 g/mol. The molecule has 3 heterocycles. The van der Waals surface area contributed by atoms with Crippen LogP contribution in [0.1, 0.15) is 25.7 Å². The molecule has 120 valence electrons. The highest BCUT2D eigenvalue weighted by Gasteiger charge is 2.43. The van der Waals surface area contributed by atoms with Crippen molar-refractivity contribution in [2.75, 3.05) is 46.5 Å². The fraction of sp³-hybridized carbons (Fsp3) is 0.933. The predicted octanol–water partition coefficient (Wildman–Crippen LogP) is 0.666. The number of fused-ring (bicyclic) bond motifs is 1. The zero-order chi connectivity index (χ0) is 14.7. The van der Waals surface area contributed by atoms with Gasteiger partial charge >= 0.3 is 0 Å². The fourth-order valence-corrected chi connectivity index (χ4v) is 3.51. The lowest BCUT2D eigenvalue weighted by Crippen LogP contribution is -2.44. The third kappa shape index (κ3) is 3.56. The van der Waals surface area contributed by atoms with Crippen LogP contribution in [-0.2, 0) is 19.1 Å². The second-order valence-electron chi connectivity index (χ2n) is 6.22. The van der Waals surface area contributed by atoms with Crippen LogP contribution in [0.25, 0.3) is 0 Å². The van der Waals surface area contributed by atoms with Gasteiger partial charge < -0.3 is 9.47 Å². The third-order valence-corrected chi connectivity index (χ3v) is 4.77. The van der Waals surface area contributed by atoms with Gasteiger partial charge in [-0.2, -0.15) is 0 Å². The molecular formula is C15H26N2O4. The van der Waals surface area contributed by atoms with Crippen LogP contribution in [0.5, 0.6) is 0 Å². The maximum atomic E-state index is 12.4. The molecule has 3 aliphatic rings. The monoisotopic (exact) mass is 298 g/mol. The number of nitrogens with zero attached hydrogens (tertiary/aromatic N) is 2. The largest absolute Gasteiger partial charge is 0.383 e. The van der Waals surface area contributed by atoms with E-state index < -0.39 is 0 Å². The number of amides is 1. The Labute approximate surface area is 126 Å². The topological polar surface area (TPSA) is 51.2 Å². The summed E-state index contributed by atoms with van der Waals surface area (Å²) in [6, 6.07) is 0. The van der Waals surface area contributed by atoms with E-state index in [1.165, 1.54) is 5.06 Å². The molecule has 0 unspecified atom stereocenters. The van der Waals surface area contributed by atoms with Crippen LogP contribution in [0, 0.1) is 5.92 Å². The van der Waals surface area contributed by atoms with E-state index in [4.69, 9.17) is 14.3 Å². The number of likely N-dealkylation sites (tertiary alicyclic amines) is 1. The van der Waals surface area contributed by atoms with Crippen LogP contribution in [0.4, 0.5) is 0 Å².